The van der Waals surface area contributed by atoms with E-state index in [4.69, 9.17) is 4.74 Å². The first kappa shape index (κ1) is 21.3. The molecule has 2 N–H and O–H groups in total. The average Bonchev–Trinajstić information content (AvgIpc) is 3.21. The number of carbonyl (C=O) groups is 2. The number of carbonyl (C=O) groups excluding carboxylic acids is 2. The van der Waals surface area contributed by atoms with Gasteiger partial charge in [0.25, 0.3) is 5.91 Å². The Labute approximate surface area is 181 Å². The molecule has 31 heavy (non-hydrogen) atoms. The molecule has 8 nitrogen and oxygen atoms in total. The fourth-order valence-corrected chi connectivity index (χ4v) is 5.78. The highest BCUT2D eigenvalue weighted by molar-refractivity contribution is 7.89. The number of anilines is 2. The summed E-state index contributed by atoms with van der Waals surface area (Å²) in [5.74, 6) is -0.330. The molecule has 2 heterocycles. The van der Waals surface area contributed by atoms with E-state index in [0.29, 0.717) is 35.5 Å². The van der Waals surface area contributed by atoms with Gasteiger partial charge in [-0.1, -0.05) is 17.7 Å². The smallest absolute Gasteiger partial charge is 0.265 e. The van der Waals surface area contributed by atoms with Gasteiger partial charge in [-0.05, 0) is 57.4 Å². The molecule has 9 heteroatoms. The van der Waals surface area contributed by atoms with E-state index in [0.717, 1.165) is 5.56 Å². The Morgan fingerprint density at radius 1 is 1.19 bits per heavy atom. The van der Waals surface area contributed by atoms with Crippen molar-refractivity contribution in [1.29, 1.82) is 0 Å². The predicted molar refractivity (Wildman–Crippen MR) is 117 cm³/mol. The van der Waals surface area contributed by atoms with Gasteiger partial charge in [-0.25, -0.2) is 8.42 Å². The van der Waals surface area contributed by atoms with E-state index in [2.05, 4.69) is 10.6 Å². The maximum absolute atomic E-state index is 13.5. The molecule has 1 saturated heterocycles. The van der Waals surface area contributed by atoms with Gasteiger partial charge < -0.3 is 15.4 Å². The third-order valence-electron chi connectivity index (χ3n) is 5.62. The quantitative estimate of drug-likeness (QED) is 0.756. The van der Waals surface area contributed by atoms with Crippen molar-refractivity contribution in [2.24, 2.45) is 0 Å². The number of rotatable bonds is 4. The molecule has 0 unspecified atom stereocenters. The van der Waals surface area contributed by atoms with E-state index in [1.165, 1.54) is 10.4 Å². The summed E-state index contributed by atoms with van der Waals surface area (Å²) in [5.41, 5.74) is 2.61. The molecule has 0 aromatic heterocycles. The number of nitrogens with zero attached hydrogens (tertiary/aromatic N) is 1. The zero-order valence-electron chi connectivity index (χ0n) is 17.6. The summed E-state index contributed by atoms with van der Waals surface area (Å²) in [7, 11) is -3.95. The summed E-state index contributed by atoms with van der Waals surface area (Å²) in [6.07, 6.45) is 0.328. The minimum Gasteiger partial charge on any atom is -0.479 e. The Hall–Kier alpha value is -2.91. The molecule has 0 saturated carbocycles. The van der Waals surface area contributed by atoms with Crippen molar-refractivity contribution in [2.45, 2.75) is 50.7 Å². The van der Waals surface area contributed by atoms with Crippen molar-refractivity contribution in [3.05, 3.63) is 47.5 Å². The van der Waals surface area contributed by atoms with E-state index in [-0.39, 0.29) is 23.3 Å². The zero-order chi connectivity index (χ0) is 22.3. The fraction of sp³-hybridized carbons (Fsp3) is 0.364. The molecule has 4 rings (SSSR count). The van der Waals surface area contributed by atoms with Crippen LogP contribution in [0.5, 0.6) is 5.75 Å². The topological polar surface area (TPSA) is 105 Å². The number of ether oxygens (including phenoxy) is 1. The lowest BCUT2D eigenvalue weighted by Crippen LogP contribution is -2.43. The average molecular weight is 444 g/mol. The summed E-state index contributed by atoms with van der Waals surface area (Å²) >= 11 is 0. The molecule has 1 fully saturated rings. The maximum Gasteiger partial charge on any atom is 0.265 e. The maximum atomic E-state index is 13.5. The summed E-state index contributed by atoms with van der Waals surface area (Å²) in [6, 6.07) is 9.58. The van der Waals surface area contributed by atoms with Crippen molar-refractivity contribution < 1.29 is 22.7 Å². The van der Waals surface area contributed by atoms with E-state index in [9.17, 15) is 18.0 Å². The van der Waals surface area contributed by atoms with Crippen LogP contribution in [-0.2, 0) is 19.6 Å². The molecule has 0 spiro atoms. The van der Waals surface area contributed by atoms with Crippen LogP contribution in [0.1, 0.15) is 30.9 Å². The molecular formula is C22H25N3O5S. The van der Waals surface area contributed by atoms with Gasteiger partial charge >= 0.3 is 0 Å². The minimum atomic E-state index is -3.95. The molecule has 0 bridgehead atoms. The summed E-state index contributed by atoms with van der Waals surface area (Å²) in [5, 5.41) is 5.54. The second-order valence-corrected chi connectivity index (χ2v) is 9.85. The fourth-order valence-electron chi connectivity index (χ4n) is 3.90. The van der Waals surface area contributed by atoms with Crippen LogP contribution in [0.25, 0.3) is 0 Å². The first-order chi connectivity index (χ1) is 14.7. The van der Waals surface area contributed by atoms with Crippen LogP contribution in [0, 0.1) is 13.8 Å². The standard InChI is InChI=1S/C22H25N3O5S/c1-13-6-8-16(9-7-13)23-22(27)18-5-4-10-25(18)31(28,29)20-12-19-17(11-14(20)2)24-21(26)15(3)30-19/h6-9,11-12,15,18H,4-5,10H2,1-3H3,(H,23,27)(H,24,26)/t15-,18+/m0/s1. The van der Waals surface area contributed by atoms with E-state index < -0.39 is 22.2 Å². The summed E-state index contributed by atoms with van der Waals surface area (Å²) in [6.45, 7) is 5.47. The molecule has 2 aliphatic rings. The third-order valence-corrected chi connectivity index (χ3v) is 7.67. The number of amides is 2. The van der Waals surface area contributed by atoms with Crippen LogP contribution in [0.3, 0.4) is 0 Å². The molecule has 2 aromatic rings. The molecule has 2 amide bonds. The first-order valence-electron chi connectivity index (χ1n) is 10.2. The van der Waals surface area contributed by atoms with Gasteiger partial charge in [0.05, 0.1) is 10.6 Å². The van der Waals surface area contributed by atoms with Crippen molar-refractivity contribution in [3.8, 4) is 5.75 Å². The van der Waals surface area contributed by atoms with E-state index >= 15 is 0 Å². The molecule has 2 atom stereocenters. The molecule has 0 aliphatic carbocycles. The molecule has 164 valence electrons. The van der Waals surface area contributed by atoms with Crippen LogP contribution in [-0.4, -0.2) is 43.2 Å². The first-order valence-corrected chi connectivity index (χ1v) is 11.6. The second-order valence-electron chi connectivity index (χ2n) is 7.99. The zero-order valence-corrected chi connectivity index (χ0v) is 18.5. The van der Waals surface area contributed by atoms with Crippen molar-refractivity contribution >= 4 is 33.2 Å². The normalized spacial score (nSPS) is 21.2. The van der Waals surface area contributed by atoms with Crippen LogP contribution in [0.4, 0.5) is 11.4 Å². The number of sulfonamides is 1. The Morgan fingerprint density at radius 2 is 1.90 bits per heavy atom. The van der Waals surface area contributed by atoms with Gasteiger partial charge in [-0.3, -0.25) is 9.59 Å². The Bertz CT molecular complexity index is 1140. The molecule has 2 aromatic carbocycles. The number of fused-ring (bicyclic) bond motifs is 1. The lowest BCUT2D eigenvalue weighted by molar-refractivity contribution is -0.122. The number of hydrogen-bond donors (Lipinski definition) is 2. The molecule has 2 aliphatic heterocycles. The number of benzene rings is 2. The van der Waals surface area contributed by atoms with Crippen LogP contribution in [0.2, 0.25) is 0 Å². The van der Waals surface area contributed by atoms with Crippen molar-refractivity contribution in [2.75, 3.05) is 17.2 Å². The molecular weight excluding hydrogens is 418 g/mol. The van der Waals surface area contributed by atoms with Crippen LogP contribution >= 0.6 is 0 Å². The highest BCUT2D eigenvalue weighted by Gasteiger charge is 2.40. The van der Waals surface area contributed by atoms with Gasteiger partial charge in [-0.15, -0.1) is 0 Å². The minimum absolute atomic E-state index is 0.0737. The number of aryl methyl sites for hydroxylation is 2. The highest BCUT2D eigenvalue weighted by Crippen LogP contribution is 2.37. The van der Waals surface area contributed by atoms with Gasteiger partial charge in [0.1, 0.15) is 11.8 Å². The monoisotopic (exact) mass is 443 g/mol. The SMILES string of the molecule is Cc1ccc(NC(=O)[C@H]2CCCN2S(=O)(=O)c2cc3c(cc2C)NC(=O)[C@H](C)O3)cc1. The Kier molecular flexibility index (Phi) is 5.49. The highest BCUT2D eigenvalue weighted by atomic mass is 32.2. The van der Waals surface area contributed by atoms with Crippen LogP contribution < -0.4 is 15.4 Å². The van der Waals surface area contributed by atoms with E-state index in [1.54, 1.807) is 32.0 Å². The third kappa shape index (κ3) is 4.03. The number of nitrogens with one attached hydrogen (secondary N) is 2. The van der Waals surface area contributed by atoms with Gasteiger partial charge in [0, 0.05) is 18.3 Å². The van der Waals surface area contributed by atoms with E-state index in [1.807, 2.05) is 19.1 Å². The van der Waals surface area contributed by atoms with Crippen molar-refractivity contribution in [1.82, 2.24) is 4.31 Å². The summed E-state index contributed by atoms with van der Waals surface area (Å²) in [4.78, 5) is 24.8. The lowest BCUT2D eigenvalue weighted by Gasteiger charge is -2.27. The van der Waals surface area contributed by atoms with Crippen LogP contribution in [0.15, 0.2) is 41.3 Å². The Balaban J connectivity index is 1.62. The predicted octanol–water partition coefficient (Wildman–Crippen LogP) is 2.81. The van der Waals surface area contributed by atoms with Gasteiger partial charge in [-0.2, -0.15) is 4.31 Å². The van der Waals surface area contributed by atoms with Gasteiger partial charge in [0.2, 0.25) is 15.9 Å². The van der Waals surface area contributed by atoms with Gasteiger partial charge in [0.15, 0.2) is 6.10 Å². The summed E-state index contributed by atoms with van der Waals surface area (Å²) < 4.78 is 33.8. The largest absolute Gasteiger partial charge is 0.479 e. The second kappa shape index (κ2) is 7.97. The number of hydrogen-bond acceptors (Lipinski definition) is 5. The lowest BCUT2D eigenvalue weighted by atomic mass is 10.1. The van der Waals surface area contributed by atoms with Crippen molar-refractivity contribution in [3.63, 3.8) is 0 Å². The molecule has 0 radical (unpaired) electrons. The Morgan fingerprint density at radius 3 is 2.61 bits per heavy atom.